The van der Waals surface area contributed by atoms with Crippen molar-refractivity contribution < 1.29 is 4.79 Å². The summed E-state index contributed by atoms with van der Waals surface area (Å²) in [7, 11) is 0. The zero-order valence-corrected chi connectivity index (χ0v) is 12.1. The molecular weight excluding hydrogens is 238 g/mol. The molecule has 4 nitrogen and oxygen atoms in total. The Morgan fingerprint density at radius 3 is 2.63 bits per heavy atom. The normalized spacial score (nSPS) is 15.1. The largest absolute Gasteiger partial charge is 0.370 e. The highest BCUT2D eigenvalue weighted by molar-refractivity contribution is 5.95. The van der Waals surface area contributed by atoms with Crippen LogP contribution in [0.1, 0.15) is 55.6 Å². The third-order valence-corrected chi connectivity index (χ3v) is 3.43. The molecular formula is C15H23N3O. The predicted molar refractivity (Wildman–Crippen MR) is 77.6 cm³/mol. The maximum atomic E-state index is 12.4. The fraction of sp³-hybridized carbons (Fsp3) is 0.600. The van der Waals surface area contributed by atoms with Gasteiger partial charge in [0.25, 0.3) is 5.91 Å². The number of hydrogen-bond acceptors (Lipinski definition) is 3. The summed E-state index contributed by atoms with van der Waals surface area (Å²) in [5.41, 5.74) is 1.73. The van der Waals surface area contributed by atoms with Crippen LogP contribution < -0.4 is 5.32 Å². The summed E-state index contributed by atoms with van der Waals surface area (Å²) in [5.74, 6) is 1.26. The highest BCUT2D eigenvalue weighted by atomic mass is 16.2. The molecule has 0 radical (unpaired) electrons. The SMILES string of the molecule is CCNc1cc(C(=O)N2CCCC2)cc(C(C)C)n1. The van der Waals surface area contributed by atoms with Crippen molar-refractivity contribution in [2.45, 2.75) is 39.5 Å². The second kappa shape index (κ2) is 6.04. The number of likely N-dealkylation sites (tertiary alicyclic amines) is 1. The van der Waals surface area contributed by atoms with E-state index in [4.69, 9.17) is 0 Å². The topological polar surface area (TPSA) is 45.2 Å². The van der Waals surface area contributed by atoms with E-state index in [-0.39, 0.29) is 5.91 Å². The van der Waals surface area contributed by atoms with Gasteiger partial charge in [-0.05, 0) is 37.8 Å². The highest BCUT2D eigenvalue weighted by Crippen LogP contribution is 2.20. The number of carbonyl (C=O) groups is 1. The average Bonchev–Trinajstić information content (AvgIpc) is 2.91. The van der Waals surface area contributed by atoms with Crippen LogP contribution >= 0.6 is 0 Å². The Bertz CT molecular complexity index is 451. The molecule has 1 aromatic heterocycles. The lowest BCUT2D eigenvalue weighted by Gasteiger charge is -2.17. The van der Waals surface area contributed by atoms with Crippen LogP contribution in [-0.4, -0.2) is 35.4 Å². The molecule has 0 spiro atoms. The van der Waals surface area contributed by atoms with Gasteiger partial charge in [0.1, 0.15) is 5.82 Å². The predicted octanol–water partition coefficient (Wildman–Crippen LogP) is 2.87. The first-order chi connectivity index (χ1) is 9.11. The van der Waals surface area contributed by atoms with Gasteiger partial charge in [-0.1, -0.05) is 13.8 Å². The molecule has 0 atom stereocenters. The first-order valence-corrected chi connectivity index (χ1v) is 7.17. The summed E-state index contributed by atoms with van der Waals surface area (Å²) < 4.78 is 0. The number of nitrogens with one attached hydrogen (secondary N) is 1. The van der Waals surface area contributed by atoms with Gasteiger partial charge in [-0.3, -0.25) is 4.79 Å². The maximum Gasteiger partial charge on any atom is 0.254 e. The highest BCUT2D eigenvalue weighted by Gasteiger charge is 2.21. The number of rotatable bonds is 4. The van der Waals surface area contributed by atoms with Crippen LogP contribution in [0.2, 0.25) is 0 Å². The van der Waals surface area contributed by atoms with Gasteiger partial charge in [0, 0.05) is 30.9 Å². The first-order valence-electron chi connectivity index (χ1n) is 7.17. The molecule has 0 unspecified atom stereocenters. The van der Waals surface area contributed by atoms with Crippen molar-refractivity contribution in [3.8, 4) is 0 Å². The lowest BCUT2D eigenvalue weighted by molar-refractivity contribution is 0.0792. The van der Waals surface area contributed by atoms with Crippen molar-refractivity contribution in [2.24, 2.45) is 0 Å². The fourth-order valence-corrected chi connectivity index (χ4v) is 2.35. The standard InChI is InChI=1S/C15H23N3O/c1-4-16-14-10-12(9-13(17-14)11(2)3)15(19)18-7-5-6-8-18/h9-11H,4-8H2,1-3H3,(H,16,17). The van der Waals surface area contributed by atoms with Crippen molar-refractivity contribution in [1.29, 1.82) is 0 Å². The Kier molecular flexibility index (Phi) is 4.40. The molecule has 0 aromatic carbocycles. The monoisotopic (exact) mass is 261 g/mol. The third kappa shape index (κ3) is 3.25. The van der Waals surface area contributed by atoms with E-state index in [0.717, 1.165) is 49.6 Å². The van der Waals surface area contributed by atoms with Gasteiger partial charge in [0.05, 0.1) is 0 Å². The Balaban J connectivity index is 2.29. The summed E-state index contributed by atoms with van der Waals surface area (Å²) >= 11 is 0. The number of nitrogens with zero attached hydrogens (tertiary/aromatic N) is 2. The van der Waals surface area contributed by atoms with Crippen LogP contribution in [0.5, 0.6) is 0 Å². The molecule has 19 heavy (non-hydrogen) atoms. The van der Waals surface area contributed by atoms with Crippen LogP contribution in [-0.2, 0) is 0 Å². The van der Waals surface area contributed by atoms with Crippen molar-refractivity contribution in [3.05, 3.63) is 23.4 Å². The van der Waals surface area contributed by atoms with E-state index >= 15 is 0 Å². The number of aromatic nitrogens is 1. The van der Waals surface area contributed by atoms with E-state index in [1.54, 1.807) is 0 Å². The smallest absolute Gasteiger partial charge is 0.254 e. The third-order valence-electron chi connectivity index (χ3n) is 3.43. The Labute approximate surface area is 115 Å². The molecule has 1 fully saturated rings. The number of pyridine rings is 1. The van der Waals surface area contributed by atoms with Gasteiger partial charge in [-0.2, -0.15) is 0 Å². The molecule has 1 saturated heterocycles. The molecule has 1 aliphatic rings. The quantitative estimate of drug-likeness (QED) is 0.906. The molecule has 1 N–H and O–H groups in total. The van der Waals surface area contributed by atoms with E-state index in [0.29, 0.717) is 5.92 Å². The molecule has 1 aliphatic heterocycles. The molecule has 0 aliphatic carbocycles. The number of anilines is 1. The van der Waals surface area contributed by atoms with E-state index in [1.165, 1.54) is 0 Å². The molecule has 0 saturated carbocycles. The first kappa shape index (κ1) is 13.8. The summed E-state index contributed by atoms with van der Waals surface area (Å²) in [6.45, 7) is 8.81. The second-order valence-corrected chi connectivity index (χ2v) is 5.35. The molecule has 1 aromatic rings. The summed E-state index contributed by atoms with van der Waals surface area (Å²) in [4.78, 5) is 18.9. The average molecular weight is 261 g/mol. The van der Waals surface area contributed by atoms with Crippen LogP contribution in [0.4, 0.5) is 5.82 Å². The van der Waals surface area contributed by atoms with Crippen molar-refractivity contribution >= 4 is 11.7 Å². The summed E-state index contributed by atoms with van der Waals surface area (Å²) in [6.07, 6.45) is 2.24. The zero-order chi connectivity index (χ0) is 13.8. The minimum Gasteiger partial charge on any atom is -0.370 e. The molecule has 2 rings (SSSR count). The van der Waals surface area contributed by atoms with Crippen molar-refractivity contribution in [2.75, 3.05) is 25.0 Å². The number of amides is 1. The van der Waals surface area contributed by atoms with Crippen LogP contribution in [0.15, 0.2) is 12.1 Å². The van der Waals surface area contributed by atoms with Crippen molar-refractivity contribution in [1.82, 2.24) is 9.88 Å². The van der Waals surface area contributed by atoms with E-state index in [1.807, 2.05) is 24.0 Å². The Hall–Kier alpha value is -1.58. The van der Waals surface area contributed by atoms with E-state index in [9.17, 15) is 4.79 Å². The van der Waals surface area contributed by atoms with Crippen LogP contribution in [0.25, 0.3) is 0 Å². The summed E-state index contributed by atoms with van der Waals surface area (Å²) in [6, 6.07) is 3.81. The second-order valence-electron chi connectivity index (χ2n) is 5.35. The molecule has 1 amide bonds. The number of carbonyl (C=O) groups excluding carboxylic acids is 1. The van der Waals surface area contributed by atoms with Crippen LogP contribution in [0.3, 0.4) is 0 Å². The minimum atomic E-state index is 0.140. The van der Waals surface area contributed by atoms with Gasteiger partial charge in [-0.15, -0.1) is 0 Å². The van der Waals surface area contributed by atoms with E-state index < -0.39 is 0 Å². The molecule has 0 bridgehead atoms. The summed E-state index contributed by atoms with van der Waals surface area (Å²) in [5, 5.41) is 3.21. The molecule has 4 heteroatoms. The lowest BCUT2D eigenvalue weighted by Crippen LogP contribution is -2.28. The van der Waals surface area contributed by atoms with Gasteiger partial charge in [0.2, 0.25) is 0 Å². The minimum absolute atomic E-state index is 0.140. The molecule has 2 heterocycles. The van der Waals surface area contributed by atoms with Gasteiger partial charge < -0.3 is 10.2 Å². The van der Waals surface area contributed by atoms with Crippen molar-refractivity contribution in [3.63, 3.8) is 0 Å². The van der Waals surface area contributed by atoms with Gasteiger partial charge in [-0.25, -0.2) is 4.98 Å². The fourth-order valence-electron chi connectivity index (χ4n) is 2.35. The van der Waals surface area contributed by atoms with Gasteiger partial charge in [0.15, 0.2) is 0 Å². The lowest BCUT2D eigenvalue weighted by atomic mass is 10.1. The van der Waals surface area contributed by atoms with Gasteiger partial charge >= 0.3 is 0 Å². The maximum absolute atomic E-state index is 12.4. The number of hydrogen-bond donors (Lipinski definition) is 1. The molecule has 104 valence electrons. The Morgan fingerprint density at radius 1 is 1.37 bits per heavy atom. The van der Waals surface area contributed by atoms with Crippen LogP contribution in [0, 0.1) is 0 Å². The zero-order valence-electron chi connectivity index (χ0n) is 12.1. The van der Waals surface area contributed by atoms with E-state index in [2.05, 4.69) is 24.1 Å². The Morgan fingerprint density at radius 2 is 2.05 bits per heavy atom.